The number of carbonyl (C=O) groups is 3. The molecule has 7 nitrogen and oxygen atoms in total. The van der Waals surface area contributed by atoms with E-state index in [0.29, 0.717) is 37.4 Å². The second-order valence-corrected chi connectivity index (χ2v) is 5.09. The number of aliphatic carboxylic acids is 1. The van der Waals surface area contributed by atoms with Crippen molar-refractivity contribution in [2.45, 2.75) is 26.7 Å². The molecule has 0 atom stereocenters. The van der Waals surface area contributed by atoms with Crippen LogP contribution in [0.3, 0.4) is 0 Å². The predicted molar refractivity (Wildman–Crippen MR) is 89.1 cm³/mol. The molecule has 0 unspecified atom stereocenters. The fourth-order valence-corrected chi connectivity index (χ4v) is 2.17. The molecule has 2 N–H and O–H groups in total. The lowest BCUT2D eigenvalue weighted by molar-refractivity contribution is -0.144. The van der Waals surface area contributed by atoms with Crippen molar-refractivity contribution < 1.29 is 24.2 Å². The van der Waals surface area contributed by atoms with Gasteiger partial charge in [0, 0.05) is 19.5 Å². The van der Waals surface area contributed by atoms with Crippen LogP contribution in [0.4, 0.5) is 0 Å². The third-order valence-electron chi connectivity index (χ3n) is 3.35. The Kier molecular flexibility index (Phi) is 8.32. The molecule has 1 rings (SSSR count). The van der Waals surface area contributed by atoms with Crippen LogP contribution in [-0.4, -0.2) is 54.0 Å². The van der Waals surface area contributed by atoms with Crippen molar-refractivity contribution in [1.29, 1.82) is 0 Å². The third-order valence-corrected chi connectivity index (χ3v) is 3.35. The van der Waals surface area contributed by atoms with E-state index in [9.17, 15) is 14.4 Å². The summed E-state index contributed by atoms with van der Waals surface area (Å²) in [6.45, 7) is 4.41. The van der Waals surface area contributed by atoms with E-state index < -0.39 is 5.97 Å². The molecule has 24 heavy (non-hydrogen) atoms. The van der Waals surface area contributed by atoms with Gasteiger partial charge in [-0.1, -0.05) is 12.1 Å². The molecule has 0 saturated heterocycles. The molecular weight excluding hydrogens is 312 g/mol. The van der Waals surface area contributed by atoms with Crippen LogP contribution in [0.25, 0.3) is 0 Å². The van der Waals surface area contributed by atoms with Gasteiger partial charge in [0.1, 0.15) is 12.3 Å². The van der Waals surface area contributed by atoms with E-state index in [0.717, 1.165) is 0 Å². The van der Waals surface area contributed by atoms with Gasteiger partial charge >= 0.3 is 5.97 Å². The van der Waals surface area contributed by atoms with E-state index in [1.54, 1.807) is 31.2 Å². The molecule has 132 valence electrons. The summed E-state index contributed by atoms with van der Waals surface area (Å²) in [6.07, 6.45) is 0.631. The molecule has 1 aromatic rings. The normalized spacial score (nSPS) is 10.1. The summed E-state index contributed by atoms with van der Waals surface area (Å²) in [5, 5.41) is 11.5. The molecule has 0 aliphatic heterocycles. The van der Waals surface area contributed by atoms with Crippen molar-refractivity contribution >= 4 is 17.8 Å². The van der Waals surface area contributed by atoms with Crippen LogP contribution < -0.4 is 10.1 Å². The maximum absolute atomic E-state index is 12.2. The van der Waals surface area contributed by atoms with Gasteiger partial charge in [0.2, 0.25) is 5.91 Å². The smallest absolute Gasteiger partial charge is 0.323 e. The zero-order valence-electron chi connectivity index (χ0n) is 14.1. The molecular formula is C17H24N2O5. The first-order valence-corrected chi connectivity index (χ1v) is 7.99. The minimum Gasteiger partial charge on any atom is -0.493 e. The van der Waals surface area contributed by atoms with Gasteiger partial charge in [-0.2, -0.15) is 0 Å². The molecule has 0 aromatic heterocycles. The number of nitrogens with one attached hydrogen (secondary N) is 1. The number of ether oxygens (including phenoxy) is 1. The molecule has 0 aliphatic rings. The average molecular weight is 336 g/mol. The molecule has 2 amide bonds. The Labute approximate surface area is 141 Å². The molecule has 0 saturated carbocycles. The molecule has 7 heteroatoms. The molecule has 0 heterocycles. The van der Waals surface area contributed by atoms with Gasteiger partial charge in [-0.05, 0) is 32.4 Å². The van der Waals surface area contributed by atoms with Gasteiger partial charge in [-0.3, -0.25) is 14.4 Å². The van der Waals surface area contributed by atoms with Crippen molar-refractivity contribution in [1.82, 2.24) is 10.2 Å². The Morgan fingerprint density at radius 2 is 1.92 bits per heavy atom. The van der Waals surface area contributed by atoms with Crippen LogP contribution in [0.2, 0.25) is 0 Å². The Morgan fingerprint density at radius 3 is 2.54 bits per heavy atom. The maximum atomic E-state index is 12.2. The lowest BCUT2D eigenvalue weighted by Crippen LogP contribution is -2.36. The molecule has 1 aromatic carbocycles. The summed E-state index contributed by atoms with van der Waals surface area (Å²) in [5.74, 6) is -1.01. The molecule has 0 spiro atoms. The number of amides is 2. The standard InChI is InChI=1S/C17H24N2O5/c1-3-19(12-16(21)22)15(20)10-7-11-18-17(23)13-8-5-6-9-14(13)24-4-2/h5-6,8-9H,3-4,7,10-12H2,1-2H3,(H,18,23)(H,21,22). The lowest BCUT2D eigenvalue weighted by Gasteiger charge is -2.18. The van der Waals surface area contributed by atoms with Gasteiger partial charge < -0.3 is 20.1 Å². The quantitative estimate of drug-likeness (QED) is 0.632. The number of para-hydroxylation sites is 1. The van der Waals surface area contributed by atoms with Crippen molar-refractivity contribution in [2.75, 3.05) is 26.2 Å². The molecule has 0 aliphatic carbocycles. The van der Waals surface area contributed by atoms with Crippen LogP contribution >= 0.6 is 0 Å². The van der Waals surface area contributed by atoms with E-state index >= 15 is 0 Å². The van der Waals surface area contributed by atoms with Crippen LogP contribution in [0.1, 0.15) is 37.0 Å². The number of carboxylic acids is 1. The van der Waals surface area contributed by atoms with Crippen LogP contribution in [0.5, 0.6) is 5.75 Å². The summed E-state index contributed by atoms with van der Waals surface area (Å²) in [6, 6.07) is 6.96. The van der Waals surface area contributed by atoms with E-state index in [4.69, 9.17) is 9.84 Å². The number of carboxylic acid groups (broad SMARTS) is 1. The maximum Gasteiger partial charge on any atom is 0.323 e. The highest BCUT2D eigenvalue weighted by Gasteiger charge is 2.15. The van der Waals surface area contributed by atoms with Crippen molar-refractivity contribution in [2.24, 2.45) is 0 Å². The summed E-state index contributed by atoms with van der Waals surface area (Å²) in [5.41, 5.74) is 0.451. The van der Waals surface area contributed by atoms with Crippen LogP contribution in [-0.2, 0) is 9.59 Å². The van der Waals surface area contributed by atoms with Crippen molar-refractivity contribution in [3.05, 3.63) is 29.8 Å². The summed E-state index contributed by atoms with van der Waals surface area (Å²) in [7, 11) is 0. The number of benzene rings is 1. The Morgan fingerprint density at radius 1 is 1.21 bits per heavy atom. The predicted octanol–water partition coefficient (Wildman–Crippen LogP) is 1.53. The zero-order valence-corrected chi connectivity index (χ0v) is 14.1. The molecule has 0 bridgehead atoms. The topological polar surface area (TPSA) is 95.9 Å². The van der Waals surface area contributed by atoms with E-state index in [1.807, 2.05) is 6.92 Å². The first-order valence-electron chi connectivity index (χ1n) is 7.99. The Bertz CT molecular complexity index is 574. The van der Waals surface area contributed by atoms with Gasteiger partial charge in [-0.15, -0.1) is 0 Å². The number of hydrogen-bond donors (Lipinski definition) is 2. The number of nitrogens with zero attached hydrogens (tertiary/aromatic N) is 1. The van der Waals surface area contributed by atoms with Crippen molar-refractivity contribution in [3.63, 3.8) is 0 Å². The van der Waals surface area contributed by atoms with Crippen LogP contribution in [0.15, 0.2) is 24.3 Å². The van der Waals surface area contributed by atoms with E-state index in [1.165, 1.54) is 4.90 Å². The Hall–Kier alpha value is -2.57. The summed E-state index contributed by atoms with van der Waals surface area (Å²) >= 11 is 0. The zero-order chi connectivity index (χ0) is 17.9. The minimum atomic E-state index is -1.04. The lowest BCUT2D eigenvalue weighted by atomic mass is 10.2. The minimum absolute atomic E-state index is 0.189. The molecule has 0 fully saturated rings. The fraction of sp³-hybridized carbons (Fsp3) is 0.471. The number of likely N-dealkylation sites (N-methyl/N-ethyl adjacent to an activating group) is 1. The third kappa shape index (κ3) is 6.28. The Balaban J connectivity index is 2.43. The highest BCUT2D eigenvalue weighted by atomic mass is 16.5. The number of hydrogen-bond acceptors (Lipinski definition) is 4. The fourth-order valence-electron chi connectivity index (χ4n) is 2.17. The monoisotopic (exact) mass is 336 g/mol. The first kappa shape index (κ1) is 19.5. The second kappa shape index (κ2) is 10.3. The second-order valence-electron chi connectivity index (χ2n) is 5.09. The highest BCUT2D eigenvalue weighted by Crippen LogP contribution is 2.17. The van der Waals surface area contributed by atoms with Gasteiger partial charge in [0.15, 0.2) is 0 Å². The molecule has 0 radical (unpaired) electrons. The average Bonchev–Trinajstić information content (AvgIpc) is 2.56. The summed E-state index contributed by atoms with van der Waals surface area (Å²) < 4.78 is 5.41. The first-order chi connectivity index (χ1) is 11.5. The van der Waals surface area contributed by atoms with Gasteiger partial charge in [-0.25, -0.2) is 0 Å². The number of carbonyl (C=O) groups excluding carboxylic acids is 2. The largest absolute Gasteiger partial charge is 0.493 e. The van der Waals surface area contributed by atoms with E-state index in [-0.39, 0.29) is 24.8 Å². The summed E-state index contributed by atoms with van der Waals surface area (Å²) in [4.78, 5) is 36.0. The highest BCUT2D eigenvalue weighted by molar-refractivity contribution is 5.96. The van der Waals surface area contributed by atoms with E-state index in [2.05, 4.69) is 5.32 Å². The van der Waals surface area contributed by atoms with Gasteiger partial charge in [0.05, 0.1) is 12.2 Å². The van der Waals surface area contributed by atoms with Crippen molar-refractivity contribution in [3.8, 4) is 5.75 Å². The van der Waals surface area contributed by atoms with Gasteiger partial charge in [0.25, 0.3) is 5.91 Å². The van der Waals surface area contributed by atoms with Crippen LogP contribution in [0, 0.1) is 0 Å². The SMILES string of the molecule is CCOc1ccccc1C(=O)NCCCC(=O)N(CC)CC(=O)O. The number of rotatable bonds is 10.